The molecule has 196 valence electrons. The van der Waals surface area contributed by atoms with E-state index in [2.05, 4.69) is 5.32 Å². The van der Waals surface area contributed by atoms with Gasteiger partial charge in [-0.15, -0.1) is 0 Å². The second kappa shape index (κ2) is 12.1. The van der Waals surface area contributed by atoms with Crippen molar-refractivity contribution < 1.29 is 22.4 Å². The normalized spacial score (nSPS) is 15.2. The minimum absolute atomic E-state index is 0.0234. The van der Waals surface area contributed by atoms with Gasteiger partial charge in [0.25, 0.3) is 0 Å². The van der Waals surface area contributed by atoms with Gasteiger partial charge < -0.3 is 10.2 Å². The summed E-state index contributed by atoms with van der Waals surface area (Å²) in [5.41, 5.74) is 1.54. The SMILES string of the molecule is Cc1cc(Cl)ccc1N(CC(=O)N(Cc1ccc(F)cc1)[C@@H](C)C(=O)NC1CCCCC1)S(C)(=O)=O. The molecule has 7 nitrogen and oxygen atoms in total. The molecule has 2 aromatic rings. The molecule has 0 aromatic heterocycles. The number of amides is 2. The van der Waals surface area contributed by atoms with Crippen LogP contribution in [0.2, 0.25) is 5.02 Å². The molecule has 0 spiro atoms. The van der Waals surface area contributed by atoms with Crippen molar-refractivity contribution in [2.75, 3.05) is 17.1 Å². The monoisotopic (exact) mass is 537 g/mol. The zero-order valence-electron chi connectivity index (χ0n) is 20.8. The lowest BCUT2D eigenvalue weighted by Crippen LogP contribution is -2.53. The Morgan fingerprint density at radius 1 is 1.11 bits per heavy atom. The average molecular weight is 538 g/mol. The van der Waals surface area contributed by atoms with E-state index < -0.39 is 34.3 Å². The van der Waals surface area contributed by atoms with Crippen LogP contribution >= 0.6 is 11.6 Å². The third kappa shape index (κ3) is 7.43. The molecule has 0 radical (unpaired) electrons. The third-order valence-electron chi connectivity index (χ3n) is 6.49. The molecular formula is C26H33ClFN3O4S. The Balaban J connectivity index is 1.88. The highest BCUT2D eigenvalue weighted by Gasteiger charge is 2.31. The number of rotatable bonds is 9. The van der Waals surface area contributed by atoms with Crippen LogP contribution in [-0.2, 0) is 26.2 Å². The summed E-state index contributed by atoms with van der Waals surface area (Å²) in [7, 11) is -3.84. The molecule has 3 rings (SSSR count). The van der Waals surface area contributed by atoms with Gasteiger partial charge in [-0.3, -0.25) is 13.9 Å². The van der Waals surface area contributed by atoms with Gasteiger partial charge in [0.15, 0.2) is 0 Å². The van der Waals surface area contributed by atoms with Crippen LogP contribution in [0.5, 0.6) is 0 Å². The predicted molar refractivity (Wildman–Crippen MR) is 140 cm³/mol. The topological polar surface area (TPSA) is 86.8 Å². The van der Waals surface area contributed by atoms with Crippen molar-refractivity contribution in [2.24, 2.45) is 0 Å². The number of hydrogen-bond acceptors (Lipinski definition) is 4. The van der Waals surface area contributed by atoms with Crippen LogP contribution in [0.1, 0.15) is 50.2 Å². The summed E-state index contributed by atoms with van der Waals surface area (Å²) in [5, 5.41) is 3.49. The van der Waals surface area contributed by atoms with E-state index >= 15 is 0 Å². The number of halogens is 2. The first-order valence-electron chi connectivity index (χ1n) is 12.0. The summed E-state index contributed by atoms with van der Waals surface area (Å²) in [5.74, 6) is -1.27. The number of nitrogens with one attached hydrogen (secondary N) is 1. The number of aryl methyl sites for hydroxylation is 1. The van der Waals surface area contributed by atoms with Gasteiger partial charge in [-0.2, -0.15) is 0 Å². The second-order valence-electron chi connectivity index (χ2n) is 9.37. The van der Waals surface area contributed by atoms with Crippen molar-refractivity contribution >= 4 is 39.1 Å². The molecule has 1 aliphatic carbocycles. The van der Waals surface area contributed by atoms with Crippen molar-refractivity contribution in [1.29, 1.82) is 0 Å². The molecule has 1 fully saturated rings. The van der Waals surface area contributed by atoms with Crippen molar-refractivity contribution in [3.63, 3.8) is 0 Å². The minimum atomic E-state index is -3.84. The molecule has 2 aromatic carbocycles. The lowest BCUT2D eigenvalue weighted by atomic mass is 9.95. The first-order valence-corrected chi connectivity index (χ1v) is 14.3. The molecule has 0 saturated heterocycles. The van der Waals surface area contributed by atoms with Crippen LogP contribution in [-0.4, -0.2) is 50.0 Å². The van der Waals surface area contributed by atoms with E-state index in [1.165, 1.54) is 17.0 Å². The average Bonchev–Trinajstić information content (AvgIpc) is 2.82. The van der Waals surface area contributed by atoms with Gasteiger partial charge in [0, 0.05) is 17.6 Å². The molecule has 1 saturated carbocycles. The number of hydrogen-bond donors (Lipinski definition) is 1. The van der Waals surface area contributed by atoms with Gasteiger partial charge in [-0.1, -0.05) is 43.0 Å². The number of carbonyl (C=O) groups excluding carboxylic acids is 2. The molecule has 1 atom stereocenters. The molecule has 2 amide bonds. The fourth-order valence-electron chi connectivity index (χ4n) is 4.43. The largest absolute Gasteiger partial charge is 0.352 e. The van der Waals surface area contributed by atoms with Crippen molar-refractivity contribution in [2.45, 2.75) is 64.6 Å². The Hall–Kier alpha value is -2.65. The first-order chi connectivity index (χ1) is 17.0. The van der Waals surface area contributed by atoms with Crippen LogP contribution in [0.25, 0.3) is 0 Å². The first kappa shape index (κ1) is 27.9. The van der Waals surface area contributed by atoms with E-state index in [1.54, 1.807) is 44.2 Å². The molecule has 36 heavy (non-hydrogen) atoms. The number of anilines is 1. The highest BCUT2D eigenvalue weighted by atomic mass is 35.5. The molecule has 0 heterocycles. The maximum atomic E-state index is 13.6. The Morgan fingerprint density at radius 3 is 2.33 bits per heavy atom. The van der Waals surface area contributed by atoms with Crippen LogP contribution < -0.4 is 9.62 Å². The number of sulfonamides is 1. The van der Waals surface area contributed by atoms with E-state index in [0.29, 0.717) is 21.8 Å². The Morgan fingerprint density at radius 2 is 1.75 bits per heavy atom. The Kier molecular flexibility index (Phi) is 9.35. The van der Waals surface area contributed by atoms with Gasteiger partial charge in [-0.25, -0.2) is 12.8 Å². The number of benzene rings is 2. The van der Waals surface area contributed by atoms with Gasteiger partial charge >= 0.3 is 0 Å². The van der Waals surface area contributed by atoms with E-state index in [0.717, 1.165) is 42.7 Å². The number of nitrogens with zero attached hydrogens (tertiary/aromatic N) is 2. The number of carbonyl (C=O) groups is 2. The Bertz CT molecular complexity index is 1180. The van der Waals surface area contributed by atoms with Crippen LogP contribution in [0.4, 0.5) is 10.1 Å². The Labute approximate surface area is 217 Å². The van der Waals surface area contributed by atoms with E-state index in [1.807, 2.05) is 0 Å². The van der Waals surface area contributed by atoms with Gasteiger partial charge in [0.05, 0.1) is 11.9 Å². The molecule has 1 aliphatic rings. The van der Waals surface area contributed by atoms with Gasteiger partial charge in [0.2, 0.25) is 21.8 Å². The summed E-state index contributed by atoms with van der Waals surface area (Å²) in [6, 6.07) is 9.57. The molecule has 0 aliphatic heterocycles. The van der Waals surface area contributed by atoms with E-state index in [4.69, 9.17) is 11.6 Å². The highest BCUT2D eigenvalue weighted by Crippen LogP contribution is 2.26. The summed E-state index contributed by atoms with van der Waals surface area (Å²) < 4.78 is 39.9. The molecule has 1 N–H and O–H groups in total. The standard InChI is InChI=1S/C26H33ClFN3O4S/c1-18-15-21(27)11-14-24(18)31(36(3,34)35)17-25(32)30(16-20-9-12-22(28)13-10-20)19(2)26(33)29-23-7-5-4-6-8-23/h9-15,19,23H,4-8,16-17H2,1-3H3,(H,29,33)/t19-/m0/s1. The quantitative estimate of drug-likeness (QED) is 0.513. The smallest absolute Gasteiger partial charge is 0.244 e. The second-order valence-corrected chi connectivity index (χ2v) is 11.7. The maximum Gasteiger partial charge on any atom is 0.244 e. The van der Waals surface area contributed by atoms with Crippen LogP contribution in [0, 0.1) is 12.7 Å². The lowest BCUT2D eigenvalue weighted by molar-refractivity contribution is -0.139. The van der Waals surface area contributed by atoms with E-state index in [9.17, 15) is 22.4 Å². The van der Waals surface area contributed by atoms with Crippen molar-refractivity contribution in [1.82, 2.24) is 10.2 Å². The van der Waals surface area contributed by atoms with E-state index in [-0.39, 0.29) is 18.5 Å². The predicted octanol–water partition coefficient (Wildman–Crippen LogP) is 4.42. The molecule has 10 heteroatoms. The molecule has 0 unspecified atom stereocenters. The third-order valence-corrected chi connectivity index (χ3v) is 7.85. The summed E-state index contributed by atoms with van der Waals surface area (Å²) in [6.07, 6.45) is 6.03. The molecular weight excluding hydrogens is 505 g/mol. The lowest BCUT2D eigenvalue weighted by Gasteiger charge is -2.33. The zero-order chi connectivity index (χ0) is 26.5. The van der Waals surface area contributed by atoms with Gasteiger partial charge in [-0.05, 0) is 68.1 Å². The van der Waals surface area contributed by atoms with Crippen molar-refractivity contribution in [3.05, 3.63) is 64.4 Å². The summed E-state index contributed by atoms with van der Waals surface area (Å²) in [6.45, 7) is 2.86. The van der Waals surface area contributed by atoms with Gasteiger partial charge in [0.1, 0.15) is 18.4 Å². The maximum absolute atomic E-state index is 13.6. The minimum Gasteiger partial charge on any atom is -0.352 e. The fraction of sp³-hybridized carbons (Fsp3) is 0.462. The highest BCUT2D eigenvalue weighted by molar-refractivity contribution is 7.92. The molecule has 0 bridgehead atoms. The van der Waals surface area contributed by atoms with Crippen LogP contribution in [0.15, 0.2) is 42.5 Å². The summed E-state index contributed by atoms with van der Waals surface area (Å²) >= 11 is 6.04. The fourth-order valence-corrected chi connectivity index (χ4v) is 5.57. The van der Waals surface area contributed by atoms with Crippen LogP contribution in [0.3, 0.4) is 0 Å². The zero-order valence-corrected chi connectivity index (χ0v) is 22.4. The van der Waals surface area contributed by atoms with Crippen molar-refractivity contribution in [3.8, 4) is 0 Å². The summed E-state index contributed by atoms with van der Waals surface area (Å²) in [4.78, 5) is 28.1.